The number of anilines is 1. The third-order valence-corrected chi connectivity index (χ3v) is 2.53. The molecule has 3 N–H and O–H groups in total. The summed E-state index contributed by atoms with van der Waals surface area (Å²) in [6.45, 7) is 0. The minimum Gasteiger partial charge on any atom is -0.449 e. The third-order valence-electron chi connectivity index (χ3n) is 2.53. The average molecular weight is 257 g/mol. The molecule has 5 heteroatoms. The van der Waals surface area contributed by atoms with Crippen molar-refractivity contribution >= 4 is 17.6 Å². The Kier molecular flexibility index (Phi) is 3.47. The summed E-state index contributed by atoms with van der Waals surface area (Å²) < 4.78 is 4.58. The van der Waals surface area contributed by atoms with Crippen LogP contribution in [0, 0.1) is 0 Å². The van der Waals surface area contributed by atoms with Gasteiger partial charge in [0.25, 0.3) is 0 Å². The van der Waals surface area contributed by atoms with Crippen LogP contribution in [0.3, 0.4) is 0 Å². The van der Waals surface area contributed by atoms with E-state index < -0.39 is 6.16 Å². The predicted molar refractivity (Wildman–Crippen MR) is 69.4 cm³/mol. The van der Waals surface area contributed by atoms with Crippen molar-refractivity contribution in [2.24, 2.45) is 0 Å². The predicted octanol–water partition coefficient (Wildman–Crippen LogP) is 2.56. The molecule has 19 heavy (non-hydrogen) atoms. The smallest absolute Gasteiger partial charge is 0.449 e. The molecule has 2 aromatic carbocycles. The molecule has 0 saturated heterocycles. The molecule has 2 rings (SSSR count). The third kappa shape index (κ3) is 2.71. The number of nitrogen functional groups attached to an aromatic ring is 1. The monoisotopic (exact) mass is 257 g/mol. The number of hydrogen-bond donors (Lipinski definition) is 2. The fraction of sp³-hybridized carbons (Fsp3) is 0. The molecule has 0 bridgehead atoms. The van der Waals surface area contributed by atoms with E-state index in [4.69, 9.17) is 10.8 Å². The Morgan fingerprint density at radius 2 is 1.53 bits per heavy atom. The van der Waals surface area contributed by atoms with Crippen LogP contribution >= 0.6 is 0 Å². The fourth-order valence-electron chi connectivity index (χ4n) is 1.69. The van der Waals surface area contributed by atoms with Gasteiger partial charge < -0.3 is 15.6 Å². The molecule has 0 aliphatic heterocycles. The lowest BCUT2D eigenvalue weighted by Gasteiger charge is -2.08. The molecule has 96 valence electrons. The van der Waals surface area contributed by atoms with Crippen LogP contribution in [-0.4, -0.2) is 17.0 Å². The first-order valence-corrected chi connectivity index (χ1v) is 5.48. The van der Waals surface area contributed by atoms with Crippen molar-refractivity contribution in [2.75, 3.05) is 5.73 Å². The standard InChI is InChI=1S/C14H11NO4/c15-11-7-3-1-5-9(11)13(16)10-6-2-4-8-12(10)19-14(17)18/h1-8H,15H2,(H,17,18). The molecular formula is C14H11NO4. The Balaban J connectivity index is 2.45. The van der Waals surface area contributed by atoms with Gasteiger partial charge >= 0.3 is 6.16 Å². The summed E-state index contributed by atoms with van der Waals surface area (Å²) in [6.07, 6.45) is -1.47. The van der Waals surface area contributed by atoms with Gasteiger partial charge in [-0.2, -0.15) is 0 Å². The summed E-state index contributed by atoms with van der Waals surface area (Å²) in [7, 11) is 0. The zero-order valence-electron chi connectivity index (χ0n) is 9.87. The van der Waals surface area contributed by atoms with Gasteiger partial charge in [0.15, 0.2) is 5.78 Å². The number of carbonyl (C=O) groups excluding carboxylic acids is 1. The Labute approximate surface area is 109 Å². The first-order valence-electron chi connectivity index (χ1n) is 5.48. The largest absolute Gasteiger partial charge is 0.511 e. The van der Waals surface area contributed by atoms with Gasteiger partial charge in [0.2, 0.25) is 0 Å². The normalized spacial score (nSPS) is 9.89. The molecule has 0 spiro atoms. The summed E-state index contributed by atoms with van der Waals surface area (Å²) in [4.78, 5) is 22.9. The number of ether oxygens (including phenoxy) is 1. The lowest BCUT2D eigenvalue weighted by molar-refractivity contribution is 0.103. The summed E-state index contributed by atoms with van der Waals surface area (Å²) in [5.74, 6) is -0.391. The van der Waals surface area contributed by atoms with E-state index in [1.165, 1.54) is 12.1 Å². The lowest BCUT2D eigenvalue weighted by atomic mass is 10.0. The summed E-state index contributed by atoms with van der Waals surface area (Å²) in [5.41, 5.74) is 6.53. The van der Waals surface area contributed by atoms with Crippen molar-refractivity contribution in [3.05, 3.63) is 59.7 Å². The maximum Gasteiger partial charge on any atom is 0.511 e. The van der Waals surface area contributed by atoms with Crippen molar-refractivity contribution in [1.29, 1.82) is 0 Å². The van der Waals surface area contributed by atoms with Crippen LogP contribution in [0.1, 0.15) is 15.9 Å². The summed E-state index contributed by atoms with van der Waals surface area (Å²) in [5, 5.41) is 8.64. The van der Waals surface area contributed by atoms with E-state index in [9.17, 15) is 9.59 Å². The van der Waals surface area contributed by atoms with E-state index in [0.29, 0.717) is 11.3 Å². The van der Waals surface area contributed by atoms with E-state index in [0.717, 1.165) is 0 Å². The van der Waals surface area contributed by atoms with Gasteiger partial charge in [-0.1, -0.05) is 24.3 Å². The van der Waals surface area contributed by atoms with Crippen LogP contribution < -0.4 is 10.5 Å². The van der Waals surface area contributed by atoms with Crippen LogP contribution in [0.15, 0.2) is 48.5 Å². The molecule has 0 aromatic heterocycles. The second-order valence-corrected chi connectivity index (χ2v) is 3.78. The molecule has 0 amide bonds. The van der Waals surface area contributed by atoms with Gasteiger partial charge in [-0.25, -0.2) is 4.79 Å². The Morgan fingerprint density at radius 3 is 2.16 bits per heavy atom. The van der Waals surface area contributed by atoms with Gasteiger partial charge in [0.1, 0.15) is 5.75 Å². The van der Waals surface area contributed by atoms with Crippen molar-refractivity contribution in [3.63, 3.8) is 0 Å². The highest BCUT2D eigenvalue weighted by atomic mass is 16.7. The summed E-state index contributed by atoms with van der Waals surface area (Å²) >= 11 is 0. The number of para-hydroxylation sites is 2. The van der Waals surface area contributed by atoms with Crippen molar-refractivity contribution in [1.82, 2.24) is 0 Å². The molecular weight excluding hydrogens is 246 g/mol. The van der Waals surface area contributed by atoms with E-state index in [2.05, 4.69) is 4.74 Å². The van der Waals surface area contributed by atoms with E-state index in [1.54, 1.807) is 36.4 Å². The SMILES string of the molecule is Nc1ccccc1C(=O)c1ccccc1OC(=O)O. The number of rotatable bonds is 3. The number of nitrogens with two attached hydrogens (primary N) is 1. The molecule has 0 unspecified atom stereocenters. The molecule has 0 atom stereocenters. The maximum atomic E-state index is 12.3. The van der Waals surface area contributed by atoms with Gasteiger partial charge in [-0.05, 0) is 24.3 Å². The van der Waals surface area contributed by atoms with Crippen LogP contribution in [0.2, 0.25) is 0 Å². The van der Waals surface area contributed by atoms with Crippen LogP contribution in [0.5, 0.6) is 5.75 Å². The summed E-state index contributed by atoms with van der Waals surface area (Å²) in [6, 6.07) is 12.7. The average Bonchev–Trinajstić information content (AvgIpc) is 2.38. The van der Waals surface area contributed by atoms with Crippen LogP contribution in [-0.2, 0) is 0 Å². The second-order valence-electron chi connectivity index (χ2n) is 3.78. The molecule has 0 heterocycles. The topological polar surface area (TPSA) is 89.6 Å². The highest BCUT2D eigenvalue weighted by Crippen LogP contribution is 2.24. The van der Waals surface area contributed by atoms with Crippen molar-refractivity contribution in [2.45, 2.75) is 0 Å². The van der Waals surface area contributed by atoms with E-state index in [1.807, 2.05) is 0 Å². The lowest BCUT2D eigenvalue weighted by Crippen LogP contribution is -2.10. The quantitative estimate of drug-likeness (QED) is 0.381. The van der Waals surface area contributed by atoms with Crippen molar-refractivity contribution < 1.29 is 19.4 Å². The van der Waals surface area contributed by atoms with Gasteiger partial charge in [-0.3, -0.25) is 4.79 Å². The van der Waals surface area contributed by atoms with Gasteiger partial charge in [0.05, 0.1) is 5.56 Å². The highest BCUT2D eigenvalue weighted by molar-refractivity contribution is 6.13. The van der Waals surface area contributed by atoms with E-state index in [-0.39, 0.29) is 17.1 Å². The minimum absolute atomic E-state index is 0.0109. The Bertz CT molecular complexity index is 637. The maximum absolute atomic E-state index is 12.3. The first-order chi connectivity index (χ1) is 9.09. The molecule has 0 aliphatic carbocycles. The molecule has 0 radical (unpaired) electrons. The number of ketones is 1. The van der Waals surface area contributed by atoms with Gasteiger partial charge in [-0.15, -0.1) is 0 Å². The van der Waals surface area contributed by atoms with Crippen LogP contribution in [0.25, 0.3) is 0 Å². The number of benzene rings is 2. The first kappa shape index (κ1) is 12.6. The zero-order valence-corrected chi connectivity index (χ0v) is 9.87. The Morgan fingerprint density at radius 1 is 0.947 bits per heavy atom. The minimum atomic E-state index is -1.47. The zero-order chi connectivity index (χ0) is 13.8. The van der Waals surface area contributed by atoms with Crippen molar-refractivity contribution in [3.8, 4) is 5.75 Å². The number of hydrogen-bond acceptors (Lipinski definition) is 4. The van der Waals surface area contributed by atoms with Crippen LogP contribution in [0.4, 0.5) is 10.5 Å². The molecule has 0 saturated carbocycles. The molecule has 0 aliphatic rings. The van der Waals surface area contributed by atoms with E-state index >= 15 is 0 Å². The Hall–Kier alpha value is -2.82. The highest BCUT2D eigenvalue weighted by Gasteiger charge is 2.17. The second kappa shape index (κ2) is 5.22. The molecule has 5 nitrogen and oxygen atoms in total. The fourth-order valence-corrected chi connectivity index (χ4v) is 1.69. The van der Waals surface area contributed by atoms with Gasteiger partial charge in [0, 0.05) is 11.3 Å². The number of carbonyl (C=O) groups is 2. The number of carboxylic acid groups (broad SMARTS) is 1. The molecule has 0 fully saturated rings. The molecule has 2 aromatic rings.